The zero-order valence-corrected chi connectivity index (χ0v) is 10.9. The third kappa shape index (κ3) is 1.89. The summed E-state index contributed by atoms with van der Waals surface area (Å²) in [5.74, 6) is 8.00. The van der Waals surface area contributed by atoms with Crippen molar-refractivity contribution in [2.75, 3.05) is 11.5 Å². The van der Waals surface area contributed by atoms with Crippen LogP contribution in [0.2, 0.25) is 0 Å². The lowest BCUT2D eigenvalue weighted by atomic mass is 10.1. The van der Waals surface area contributed by atoms with Gasteiger partial charge in [-0.05, 0) is 19.1 Å². The second-order valence-corrected chi connectivity index (χ2v) is 4.23. The van der Waals surface area contributed by atoms with Gasteiger partial charge in [-0.1, -0.05) is 24.3 Å². The van der Waals surface area contributed by atoms with E-state index in [2.05, 4.69) is 41.4 Å². The number of anilines is 2. The van der Waals surface area contributed by atoms with Gasteiger partial charge in [-0.15, -0.1) is 0 Å². The third-order valence-electron chi connectivity index (χ3n) is 3.32. The molecule has 2 aromatic carbocycles. The van der Waals surface area contributed by atoms with Crippen molar-refractivity contribution in [3.8, 4) is 0 Å². The first-order valence-electron chi connectivity index (χ1n) is 6.12. The Morgan fingerprint density at radius 3 is 2.32 bits per heavy atom. The summed E-state index contributed by atoms with van der Waals surface area (Å²) in [7, 11) is 0. The first-order chi connectivity index (χ1) is 9.24. The molecule has 100 valence electrons. The number of benzene rings is 2. The summed E-state index contributed by atoms with van der Waals surface area (Å²) in [6, 6.07) is 12.3. The van der Waals surface area contributed by atoms with Gasteiger partial charge in [-0.25, -0.2) is 0 Å². The molecular weight excluding hydrogens is 238 g/mol. The van der Waals surface area contributed by atoms with Gasteiger partial charge in [0, 0.05) is 22.8 Å². The highest BCUT2D eigenvalue weighted by molar-refractivity contribution is 6.13. The summed E-state index contributed by atoms with van der Waals surface area (Å²) >= 11 is 0. The van der Waals surface area contributed by atoms with Crippen LogP contribution in [0.25, 0.3) is 21.8 Å². The fraction of sp³-hybridized carbons (Fsp3) is 0.143. The number of hydrazine groups is 1. The quantitative estimate of drug-likeness (QED) is 0.303. The smallest absolute Gasteiger partial charge is 0.0795 e. The first-order valence-corrected chi connectivity index (χ1v) is 6.12. The minimum absolute atomic E-state index is 0.648. The highest BCUT2D eigenvalue weighted by Gasteiger charge is 2.12. The molecule has 0 aliphatic heterocycles. The van der Waals surface area contributed by atoms with Crippen molar-refractivity contribution in [1.82, 2.24) is 4.57 Å². The van der Waals surface area contributed by atoms with Gasteiger partial charge in [0.05, 0.1) is 16.9 Å². The Morgan fingerprint density at radius 1 is 0.947 bits per heavy atom. The number of nitrogen functional groups attached to an aromatic ring is 2. The molecule has 0 bridgehead atoms. The predicted octanol–water partition coefficient (Wildman–Crippen LogP) is 1.80. The van der Waals surface area contributed by atoms with Gasteiger partial charge < -0.3 is 16.0 Å². The van der Waals surface area contributed by atoms with Crippen LogP contribution in [0.15, 0.2) is 36.4 Å². The minimum Gasteiger partial charge on any atom is -0.397 e. The van der Waals surface area contributed by atoms with Gasteiger partial charge in [0.15, 0.2) is 0 Å². The number of fused-ring (bicyclic) bond motifs is 3. The highest BCUT2D eigenvalue weighted by atomic mass is 15.0. The molecule has 0 unspecified atom stereocenters. The average molecular weight is 257 g/mol. The summed E-state index contributed by atoms with van der Waals surface area (Å²) in [5.41, 5.74) is 15.6. The van der Waals surface area contributed by atoms with E-state index in [0.717, 1.165) is 12.1 Å². The summed E-state index contributed by atoms with van der Waals surface area (Å²) in [6.07, 6.45) is 0. The predicted molar refractivity (Wildman–Crippen MR) is 82.3 cm³/mol. The fourth-order valence-electron chi connectivity index (χ4n) is 2.52. The first kappa shape index (κ1) is 13.2. The van der Waals surface area contributed by atoms with Gasteiger partial charge in [0.2, 0.25) is 0 Å². The van der Waals surface area contributed by atoms with E-state index in [1.54, 1.807) is 0 Å². The lowest BCUT2D eigenvalue weighted by Gasteiger charge is -2.07. The molecule has 8 N–H and O–H groups in total. The van der Waals surface area contributed by atoms with E-state index in [1.807, 2.05) is 18.2 Å². The van der Waals surface area contributed by atoms with Crippen LogP contribution >= 0.6 is 0 Å². The molecule has 1 aromatic heterocycles. The van der Waals surface area contributed by atoms with Crippen molar-refractivity contribution in [2.24, 2.45) is 11.7 Å². The summed E-state index contributed by atoms with van der Waals surface area (Å²) < 4.78 is 2.22. The third-order valence-corrected chi connectivity index (χ3v) is 3.32. The molecule has 5 nitrogen and oxygen atoms in total. The number of nitrogens with zero attached hydrogens (tertiary/aromatic N) is 1. The highest BCUT2D eigenvalue weighted by Crippen LogP contribution is 2.34. The number of hydrogen-bond acceptors (Lipinski definition) is 4. The maximum absolute atomic E-state index is 6.11. The second kappa shape index (κ2) is 5.17. The second-order valence-electron chi connectivity index (χ2n) is 4.23. The van der Waals surface area contributed by atoms with Crippen molar-refractivity contribution in [2.45, 2.75) is 13.5 Å². The molecular formula is C14H19N5. The van der Waals surface area contributed by atoms with E-state index >= 15 is 0 Å². The van der Waals surface area contributed by atoms with Crippen LogP contribution in [0.3, 0.4) is 0 Å². The van der Waals surface area contributed by atoms with Crippen LogP contribution in [0.1, 0.15) is 6.92 Å². The molecule has 0 saturated carbocycles. The van der Waals surface area contributed by atoms with Crippen LogP contribution in [-0.2, 0) is 6.54 Å². The average Bonchev–Trinajstić information content (AvgIpc) is 2.79. The Morgan fingerprint density at radius 2 is 1.63 bits per heavy atom. The van der Waals surface area contributed by atoms with E-state index in [-0.39, 0.29) is 0 Å². The van der Waals surface area contributed by atoms with Crippen molar-refractivity contribution in [3.05, 3.63) is 36.4 Å². The van der Waals surface area contributed by atoms with E-state index in [0.29, 0.717) is 11.4 Å². The SMILES string of the molecule is CCn1c2ccccc2c2ccc(N)c(N)c21.NN. The van der Waals surface area contributed by atoms with Gasteiger partial charge in [0.25, 0.3) is 0 Å². The van der Waals surface area contributed by atoms with E-state index in [9.17, 15) is 0 Å². The molecule has 0 spiro atoms. The Balaban J connectivity index is 0.000000637. The number of aromatic nitrogens is 1. The summed E-state index contributed by atoms with van der Waals surface area (Å²) in [6.45, 7) is 3.01. The van der Waals surface area contributed by atoms with E-state index < -0.39 is 0 Å². The van der Waals surface area contributed by atoms with Crippen LogP contribution in [0.5, 0.6) is 0 Å². The van der Waals surface area contributed by atoms with Crippen molar-refractivity contribution < 1.29 is 0 Å². The van der Waals surface area contributed by atoms with Gasteiger partial charge in [-0.3, -0.25) is 11.7 Å². The molecule has 0 saturated heterocycles. The Hall–Kier alpha value is -2.24. The van der Waals surface area contributed by atoms with Crippen LogP contribution < -0.4 is 23.2 Å². The fourth-order valence-corrected chi connectivity index (χ4v) is 2.52. The molecule has 3 rings (SSSR count). The Bertz CT molecular complexity index is 714. The monoisotopic (exact) mass is 257 g/mol. The topological polar surface area (TPSA) is 109 Å². The number of hydrogen-bond donors (Lipinski definition) is 4. The minimum atomic E-state index is 0.648. The number of para-hydroxylation sites is 1. The van der Waals surface area contributed by atoms with Crippen molar-refractivity contribution in [3.63, 3.8) is 0 Å². The maximum Gasteiger partial charge on any atom is 0.0795 e. The standard InChI is InChI=1S/C14H15N3.H4N2/c1-2-17-12-6-4-3-5-9(12)10-7-8-11(15)13(16)14(10)17;1-2/h3-8H,2,15-16H2,1H3;1-2H2. The molecule has 0 fully saturated rings. The lowest BCUT2D eigenvalue weighted by molar-refractivity contribution is 0.828. The number of nitrogens with two attached hydrogens (primary N) is 4. The molecule has 0 amide bonds. The molecule has 19 heavy (non-hydrogen) atoms. The molecule has 0 aliphatic carbocycles. The zero-order valence-electron chi connectivity index (χ0n) is 10.9. The van der Waals surface area contributed by atoms with E-state index in [4.69, 9.17) is 11.5 Å². The van der Waals surface area contributed by atoms with E-state index in [1.165, 1.54) is 16.3 Å². The molecule has 0 aliphatic rings. The van der Waals surface area contributed by atoms with Crippen molar-refractivity contribution in [1.29, 1.82) is 0 Å². The molecule has 1 heterocycles. The number of aryl methyl sites for hydroxylation is 1. The molecule has 5 heteroatoms. The molecule has 0 radical (unpaired) electrons. The Kier molecular flexibility index (Phi) is 3.59. The van der Waals surface area contributed by atoms with Gasteiger partial charge in [0.1, 0.15) is 0 Å². The van der Waals surface area contributed by atoms with Crippen LogP contribution in [0, 0.1) is 0 Å². The molecule has 0 atom stereocenters. The number of rotatable bonds is 1. The largest absolute Gasteiger partial charge is 0.397 e. The van der Waals surface area contributed by atoms with Crippen molar-refractivity contribution >= 4 is 33.2 Å². The van der Waals surface area contributed by atoms with Crippen LogP contribution in [0.4, 0.5) is 11.4 Å². The maximum atomic E-state index is 6.11. The summed E-state index contributed by atoms with van der Waals surface area (Å²) in [4.78, 5) is 0. The Labute approximate surface area is 111 Å². The lowest BCUT2D eigenvalue weighted by Crippen LogP contribution is -2.02. The molecule has 3 aromatic rings. The summed E-state index contributed by atoms with van der Waals surface area (Å²) in [5, 5.41) is 2.41. The van der Waals surface area contributed by atoms with Gasteiger partial charge >= 0.3 is 0 Å². The van der Waals surface area contributed by atoms with Gasteiger partial charge in [-0.2, -0.15) is 0 Å². The normalized spacial score (nSPS) is 10.5. The van der Waals surface area contributed by atoms with Crippen LogP contribution in [-0.4, -0.2) is 4.57 Å². The zero-order chi connectivity index (χ0) is 14.0.